The summed E-state index contributed by atoms with van der Waals surface area (Å²) >= 11 is 0. The largest absolute Gasteiger partial charge is 0.463 e. The first-order valence-electron chi connectivity index (χ1n) is 3.22. The first-order chi connectivity index (χ1) is 5.07. The summed E-state index contributed by atoms with van der Waals surface area (Å²) in [5, 5.41) is 0. The average molecular weight is 157 g/mol. The van der Waals surface area contributed by atoms with Crippen LogP contribution in [0.4, 0.5) is 0 Å². The van der Waals surface area contributed by atoms with E-state index in [4.69, 9.17) is 5.73 Å². The van der Waals surface area contributed by atoms with Gasteiger partial charge in [-0.25, -0.2) is 4.79 Å². The van der Waals surface area contributed by atoms with Crippen LogP contribution in [-0.2, 0) is 14.3 Å². The Labute approximate surface area is 65.0 Å². The normalized spacial score (nSPS) is 10.9. The number of carbonyl (C=O) groups is 2. The molecule has 0 saturated heterocycles. The number of hydrogen-bond acceptors (Lipinski definition) is 3. The van der Waals surface area contributed by atoms with Gasteiger partial charge in [0.15, 0.2) is 0 Å². The molecule has 0 saturated carbocycles. The minimum atomic E-state index is -0.613. The quantitative estimate of drug-likeness (QED) is 0.462. The predicted octanol–water partition coefficient (Wildman–Crippen LogP) is -0.0189. The van der Waals surface area contributed by atoms with Crippen molar-refractivity contribution in [2.24, 2.45) is 5.73 Å². The van der Waals surface area contributed by atoms with Gasteiger partial charge in [-0.15, -0.1) is 0 Å². The van der Waals surface area contributed by atoms with Gasteiger partial charge in [0.25, 0.3) is 0 Å². The summed E-state index contributed by atoms with van der Waals surface area (Å²) in [6.45, 7) is 3.44. The van der Waals surface area contributed by atoms with Gasteiger partial charge in [-0.2, -0.15) is 0 Å². The third kappa shape index (κ3) is 4.13. The first-order valence-corrected chi connectivity index (χ1v) is 3.22. The minimum Gasteiger partial charge on any atom is -0.463 e. The van der Waals surface area contributed by atoms with Crippen molar-refractivity contribution < 1.29 is 14.3 Å². The molecule has 11 heavy (non-hydrogen) atoms. The molecule has 4 heteroatoms. The van der Waals surface area contributed by atoms with Gasteiger partial charge in [-0.3, -0.25) is 4.79 Å². The molecule has 0 bridgehead atoms. The maximum atomic E-state index is 10.7. The monoisotopic (exact) mass is 157 g/mol. The highest BCUT2D eigenvalue weighted by Crippen LogP contribution is 1.91. The topological polar surface area (TPSA) is 69.4 Å². The molecular formula is C7H11NO3. The van der Waals surface area contributed by atoms with Crippen molar-refractivity contribution in [3.05, 3.63) is 11.6 Å². The van der Waals surface area contributed by atoms with Crippen LogP contribution in [-0.4, -0.2) is 18.5 Å². The van der Waals surface area contributed by atoms with Gasteiger partial charge in [0.2, 0.25) is 5.91 Å². The second-order valence-corrected chi connectivity index (χ2v) is 1.94. The molecule has 0 unspecified atom stereocenters. The molecule has 62 valence electrons. The lowest BCUT2D eigenvalue weighted by Crippen LogP contribution is -2.13. The van der Waals surface area contributed by atoms with Gasteiger partial charge >= 0.3 is 5.97 Å². The van der Waals surface area contributed by atoms with E-state index in [9.17, 15) is 9.59 Å². The van der Waals surface area contributed by atoms with Gasteiger partial charge in [-0.05, 0) is 13.8 Å². The first kappa shape index (κ1) is 9.68. The van der Waals surface area contributed by atoms with E-state index in [-0.39, 0.29) is 5.57 Å². The van der Waals surface area contributed by atoms with Gasteiger partial charge in [0, 0.05) is 11.6 Å². The maximum absolute atomic E-state index is 10.7. The molecule has 2 N–H and O–H groups in total. The van der Waals surface area contributed by atoms with E-state index in [1.165, 1.54) is 6.92 Å². The second kappa shape index (κ2) is 4.49. The summed E-state index contributed by atoms with van der Waals surface area (Å²) in [5.41, 5.74) is 5.06. The van der Waals surface area contributed by atoms with Crippen molar-refractivity contribution in [2.45, 2.75) is 13.8 Å². The Morgan fingerprint density at radius 3 is 2.45 bits per heavy atom. The molecule has 0 aliphatic carbocycles. The molecule has 0 radical (unpaired) electrons. The molecule has 4 nitrogen and oxygen atoms in total. The van der Waals surface area contributed by atoms with Gasteiger partial charge < -0.3 is 10.5 Å². The van der Waals surface area contributed by atoms with E-state index in [2.05, 4.69) is 4.74 Å². The van der Waals surface area contributed by atoms with E-state index < -0.39 is 11.9 Å². The lowest BCUT2D eigenvalue weighted by Gasteiger charge is -1.96. The van der Waals surface area contributed by atoms with E-state index in [0.29, 0.717) is 6.61 Å². The molecule has 1 amide bonds. The fraction of sp³-hybridized carbons (Fsp3) is 0.429. The molecule has 0 aromatic carbocycles. The molecule has 0 aromatic rings. The molecule has 0 aliphatic rings. The number of nitrogens with two attached hydrogens (primary N) is 1. The highest BCUT2D eigenvalue weighted by molar-refractivity contribution is 5.97. The van der Waals surface area contributed by atoms with Gasteiger partial charge in [0.05, 0.1) is 6.61 Å². The summed E-state index contributed by atoms with van der Waals surface area (Å²) < 4.78 is 4.54. The Morgan fingerprint density at radius 1 is 1.55 bits per heavy atom. The van der Waals surface area contributed by atoms with E-state index >= 15 is 0 Å². The van der Waals surface area contributed by atoms with Crippen molar-refractivity contribution in [3.8, 4) is 0 Å². The predicted molar refractivity (Wildman–Crippen MR) is 39.6 cm³/mol. The number of hydrogen-bond donors (Lipinski definition) is 1. The van der Waals surface area contributed by atoms with Crippen molar-refractivity contribution >= 4 is 11.9 Å². The van der Waals surface area contributed by atoms with Crippen LogP contribution >= 0.6 is 0 Å². The van der Waals surface area contributed by atoms with Crippen molar-refractivity contribution in [2.75, 3.05) is 6.61 Å². The summed E-state index contributed by atoms with van der Waals surface area (Å²) in [7, 11) is 0. The Hall–Kier alpha value is -1.32. The van der Waals surface area contributed by atoms with E-state index in [1.807, 2.05) is 0 Å². The van der Waals surface area contributed by atoms with Crippen LogP contribution in [0.25, 0.3) is 0 Å². The molecule has 0 atom stereocenters. The Bertz CT molecular complexity index is 196. The average Bonchev–Trinajstić information content (AvgIpc) is 1.87. The molecule has 0 rings (SSSR count). The molecule has 0 fully saturated rings. The SMILES string of the molecule is CCOC(=O)/C=C(\C)C(N)=O. The van der Waals surface area contributed by atoms with Gasteiger partial charge in [0.1, 0.15) is 0 Å². The minimum absolute atomic E-state index is 0.198. The van der Waals surface area contributed by atoms with Crippen LogP contribution in [0.1, 0.15) is 13.8 Å². The fourth-order valence-corrected chi connectivity index (χ4v) is 0.432. The zero-order chi connectivity index (χ0) is 8.85. The van der Waals surface area contributed by atoms with Crippen LogP contribution in [0.2, 0.25) is 0 Å². The lowest BCUT2D eigenvalue weighted by molar-refractivity contribution is -0.137. The van der Waals surface area contributed by atoms with Crippen molar-refractivity contribution in [1.82, 2.24) is 0 Å². The molecule has 0 heterocycles. The smallest absolute Gasteiger partial charge is 0.331 e. The molecule has 0 spiro atoms. The number of ether oxygens (including phenoxy) is 1. The molecular weight excluding hydrogens is 146 g/mol. The Kier molecular flexibility index (Phi) is 3.95. The third-order valence-corrected chi connectivity index (χ3v) is 1.01. The standard InChI is InChI=1S/C7H11NO3/c1-3-11-6(9)4-5(2)7(8)10/h4H,3H2,1-2H3,(H2,8,10)/b5-4+. The van der Waals surface area contributed by atoms with E-state index in [1.54, 1.807) is 6.92 Å². The molecule has 0 aliphatic heterocycles. The highest BCUT2D eigenvalue weighted by Gasteiger charge is 2.01. The summed E-state index contributed by atoms with van der Waals surface area (Å²) in [6.07, 6.45) is 1.08. The van der Waals surface area contributed by atoms with E-state index in [0.717, 1.165) is 6.08 Å². The maximum Gasteiger partial charge on any atom is 0.331 e. The van der Waals surface area contributed by atoms with Crippen LogP contribution in [0.5, 0.6) is 0 Å². The van der Waals surface area contributed by atoms with Crippen molar-refractivity contribution in [1.29, 1.82) is 0 Å². The number of carbonyl (C=O) groups excluding carboxylic acids is 2. The number of rotatable bonds is 3. The van der Waals surface area contributed by atoms with Crippen LogP contribution < -0.4 is 5.73 Å². The Morgan fingerprint density at radius 2 is 2.09 bits per heavy atom. The summed E-state index contributed by atoms with van der Waals surface area (Å²) in [5.74, 6) is -1.15. The fourth-order valence-electron chi connectivity index (χ4n) is 0.432. The molecule has 0 aromatic heterocycles. The van der Waals surface area contributed by atoms with Crippen molar-refractivity contribution in [3.63, 3.8) is 0 Å². The number of primary amides is 1. The van der Waals surface area contributed by atoms with Gasteiger partial charge in [-0.1, -0.05) is 0 Å². The van der Waals surface area contributed by atoms with Crippen LogP contribution in [0.15, 0.2) is 11.6 Å². The lowest BCUT2D eigenvalue weighted by atomic mass is 10.3. The van der Waals surface area contributed by atoms with Crippen LogP contribution in [0, 0.1) is 0 Å². The highest BCUT2D eigenvalue weighted by atomic mass is 16.5. The number of esters is 1. The second-order valence-electron chi connectivity index (χ2n) is 1.94. The Balaban J connectivity index is 4.08. The van der Waals surface area contributed by atoms with Crippen LogP contribution in [0.3, 0.4) is 0 Å². The summed E-state index contributed by atoms with van der Waals surface area (Å²) in [6, 6.07) is 0. The zero-order valence-corrected chi connectivity index (χ0v) is 6.59. The zero-order valence-electron chi connectivity index (χ0n) is 6.59. The third-order valence-electron chi connectivity index (χ3n) is 1.01. The number of amides is 1. The summed E-state index contributed by atoms with van der Waals surface area (Å²) in [4.78, 5) is 21.0.